The number of aryl methyl sites for hydroxylation is 2. The molecule has 0 bridgehead atoms. The molecule has 1 aromatic rings. The van der Waals surface area contributed by atoms with E-state index in [4.69, 9.17) is 23.2 Å². The first-order valence-corrected chi connectivity index (χ1v) is 6.71. The van der Waals surface area contributed by atoms with Gasteiger partial charge in [0.25, 0.3) is 0 Å². The van der Waals surface area contributed by atoms with Gasteiger partial charge in [-0.25, -0.2) is 4.98 Å². The second kappa shape index (κ2) is 5.92. The Hall–Kier alpha value is -0.210. The van der Waals surface area contributed by atoms with Gasteiger partial charge >= 0.3 is 0 Å². The van der Waals surface area contributed by atoms with Gasteiger partial charge in [0.05, 0.1) is 0 Å². The Morgan fingerprint density at radius 3 is 2.38 bits per heavy atom. The molecule has 2 nitrogen and oxygen atoms in total. The Morgan fingerprint density at radius 1 is 1.38 bits per heavy atom. The van der Waals surface area contributed by atoms with E-state index in [1.54, 1.807) is 0 Å². The van der Waals surface area contributed by atoms with Crippen LogP contribution < -0.4 is 0 Å². The van der Waals surface area contributed by atoms with E-state index in [1.807, 2.05) is 24.0 Å². The predicted octanol–water partition coefficient (Wildman–Crippen LogP) is 3.47. The number of imidazole rings is 1. The van der Waals surface area contributed by atoms with Crippen molar-refractivity contribution in [3.8, 4) is 0 Å². The Morgan fingerprint density at radius 2 is 2.00 bits per heavy atom. The largest absolute Gasteiger partial charge is 0.338 e. The van der Waals surface area contributed by atoms with E-state index in [2.05, 4.69) is 18.8 Å². The van der Waals surface area contributed by atoms with Crippen molar-refractivity contribution in [1.29, 1.82) is 0 Å². The fourth-order valence-electron chi connectivity index (χ4n) is 1.76. The average molecular weight is 263 g/mol. The van der Waals surface area contributed by atoms with Crippen molar-refractivity contribution in [3.05, 3.63) is 18.2 Å². The molecule has 1 aromatic heterocycles. The smallest absolute Gasteiger partial charge is 0.108 e. The molecule has 0 fully saturated rings. The van der Waals surface area contributed by atoms with Crippen LogP contribution in [0.2, 0.25) is 0 Å². The van der Waals surface area contributed by atoms with Gasteiger partial charge in [-0.2, -0.15) is 0 Å². The molecule has 1 rings (SSSR count). The van der Waals surface area contributed by atoms with Crippen molar-refractivity contribution in [3.63, 3.8) is 0 Å². The molecule has 0 atom stereocenters. The zero-order chi connectivity index (χ0) is 12.2. The summed E-state index contributed by atoms with van der Waals surface area (Å²) in [5, 5.41) is 0. The summed E-state index contributed by atoms with van der Waals surface area (Å²) in [5.74, 6) is 2.81. The van der Waals surface area contributed by atoms with Gasteiger partial charge in [-0.3, -0.25) is 0 Å². The van der Waals surface area contributed by atoms with Gasteiger partial charge in [0.15, 0.2) is 0 Å². The van der Waals surface area contributed by atoms with Crippen LogP contribution in [-0.4, -0.2) is 21.3 Å². The van der Waals surface area contributed by atoms with Gasteiger partial charge in [0, 0.05) is 43.0 Å². The van der Waals surface area contributed by atoms with Crippen molar-refractivity contribution >= 4 is 23.2 Å². The first-order valence-electron chi connectivity index (χ1n) is 5.64. The van der Waals surface area contributed by atoms with Crippen LogP contribution in [0.5, 0.6) is 0 Å². The molecule has 0 spiro atoms. The lowest BCUT2D eigenvalue weighted by Crippen LogP contribution is -2.32. The number of halogens is 2. The van der Waals surface area contributed by atoms with Crippen LogP contribution in [0.15, 0.2) is 12.4 Å². The van der Waals surface area contributed by atoms with Gasteiger partial charge in [0.2, 0.25) is 0 Å². The van der Waals surface area contributed by atoms with Crippen LogP contribution in [-0.2, 0) is 13.5 Å². The highest BCUT2D eigenvalue weighted by Crippen LogP contribution is 2.35. The maximum absolute atomic E-state index is 6.09. The second-order valence-electron chi connectivity index (χ2n) is 4.74. The van der Waals surface area contributed by atoms with Gasteiger partial charge in [-0.15, -0.1) is 23.2 Å². The Labute approximate surface area is 108 Å². The van der Waals surface area contributed by atoms with E-state index in [-0.39, 0.29) is 5.41 Å². The fraction of sp³-hybridized carbons (Fsp3) is 0.750. The molecule has 0 aliphatic carbocycles. The van der Waals surface area contributed by atoms with E-state index in [1.165, 1.54) is 0 Å². The number of hydrogen-bond acceptors (Lipinski definition) is 1. The highest BCUT2D eigenvalue weighted by atomic mass is 35.5. The third-order valence-corrected chi connectivity index (χ3v) is 4.59. The summed E-state index contributed by atoms with van der Waals surface area (Å²) in [6.45, 7) is 4.37. The molecule has 0 aliphatic rings. The standard InChI is InChI=1S/C12H20Cl2N2/c1-10(2)12(8-13,9-14)5-4-11-15-6-7-16(11)3/h6-7,10H,4-5,8-9H2,1-3H3. The van der Waals surface area contributed by atoms with Crippen molar-refractivity contribution in [2.45, 2.75) is 26.7 Å². The minimum Gasteiger partial charge on any atom is -0.338 e. The lowest BCUT2D eigenvalue weighted by atomic mass is 9.77. The van der Waals surface area contributed by atoms with Crippen LogP contribution in [0, 0.1) is 11.3 Å². The molecule has 0 aliphatic heterocycles. The summed E-state index contributed by atoms with van der Waals surface area (Å²) in [4.78, 5) is 4.32. The number of hydrogen-bond donors (Lipinski definition) is 0. The van der Waals surface area contributed by atoms with E-state index in [0.717, 1.165) is 18.7 Å². The SMILES string of the molecule is CC(C)C(CCl)(CCl)CCc1nccn1C. The molecular formula is C12H20Cl2N2. The third kappa shape index (κ3) is 2.92. The fourth-order valence-corrected chi connectivity index (χ4v) is 2.93. The highest BCUT2D eigenvalue weighted by molar-refractivity contribution is 6.21. The van der Waals surface area contributed by atoms with Crippen LogP contribution in [0.25, 0.3) is 0 Å². The third-order valence-electron chi connectivity index (χ3n) is 3.52. The number of aromatic nitrogens is 2. The van der Waals surface area contributed by atoms with Gasteiger partial charge in [-0.05, 0) is 12.3 Å². The molecule has 92 valence electrons. The molecule has 0 radical (unpaired) electrons. The Bertz CT molecular complexity index is 317. The van der Waals surface area contributed by atoms with Gasteiger partial charge in [0.1, 0.15) is 5.82 Å². The summed E-state index contributed by atoms with van der Waals surface area (Å²) in [7, 11) is 2.01. The second-order valence-corrected chi connectivity index (χ2v) is 5.27. The number of nitrogens with zero attached hydrogens (tertiary/aromatic N) is 2. The lowest BCUT2D eigenvalue weighted by Gasteiger charge is -2.33. The van der Waals surface area contributed by atoms with E-state index in [0.29, 0.717) is 17.7 Å². The molecule has 0 unspecified atom stereocenters. The van der Waals surface area contributed by atoms with Gasteiger partial charge in [-0.1, -0.05) is 13.8 Å². The van der Waals surface area contributed by atoms with Gasteiger partial charge < -0.3 is 4.57 Å². The maximum atomic E-state index is 6.09. The highest BCUT2D eigenvalue weighted by Gasteiger charge is 2.32. The van der Waals surface area contributed by atoms with Crippen molar-refractivity contribution in [2.75, 3.05) is 11.8 Å². The maximum Gasteiger partial charge on any atom is 0.108 e. The van der Waals surface area contributed by atoms with Crippen LogP contribution in [0.1, 0.15) is 26.1 Å². The summed E-state index contributed by atoms with van der Waals surface area (Å²) >= 11 is 12.2. The van der Waals surface area contributed by atoms with Crippen LogP contribution >= 0.6 is 23.2 Å². The summed E-state index contributed by atoms with van der Waals surface area (Å²) in [6, 6.07) is 0. The van der Waals surface area contributed by atoms with Crippen LogP contribution in [0.4, 0.5) is 0 Å². The zero-order valence-corrected chi connectivity index (χ0v) is 11.7. The summed E-state index contributed by atoms with van der Waals surface area (Å²) in [5.41, 5.74) is 0.0229. The van der Waals surface area contributed by atoms with Crippen molar-refractivity contribution in [2.24, 2.45) is 18.4 Å². The first-order chi connectivity index (χ1) is 7.55. The summed E-state index contributed by atoms with van der Waals surface area (Å²) < 4.78 is 2.05. The quantitative estimate of drug-likeness (QED) is 0.718. The zero-order valence-electron chi connectivity index (χ0n) is 10.2. The Balaban J connectivity index is 2.67. The lowest BCUT2D eigenvalue weighted by molar-refractivity contribution is 0.238. The molecule has 0 amide bonds. The van der Waals surface area contributed by atoms with E-state index < -0.39 is 0 Å². The molecular weight excluding hydrogens is 243 g/mol. The molecule has 0 saturated carbocycles. The number of rotatable bonds is 6. The molecule has 0 N–H and O–H groups in total. The predicted molar refractivity (Wildman–Crippen MR) is 70.2 cm³/mol. The van der Waals surface area contributed by atoms with Crippen molar-refractivity contribution < 1.29 is 0 Å². The molecule has 16 heavy (non-hydrogen) atoms. The summed E-state index contributed by atoms with van der Waals surface area (Å²) in [6.07, 6.45) is 5.71. The molecule has 1 heterocycles. The molecule has 0 aromatic carbocycles. The normalized spacial score (nSPS) is 12.4. The van der Waals surface area contributed by atoms with E-state index >= 15 is 0 Å². The van der Waals surface area contributed by atoms with Crippen molar-refractivity contribution in [1.82, 2.24) is 9.55 Å². The Kier molecular flexibility index (Phi) is 5.13. The minimum absolute atomic E-state index is 0.0229. The molecule has 0 saturated heterocycles. The number of alkyl halides is 2. The first kappa shape index (κ1) is 13.9. The molecule has 4 heteroatoms. The van der Waals surface area contributed by atoms with Crippen LogP contribution in [0.3, 0.4) is 0 Å². The topological polar surface area (TPSA) is 17.8 Å². The van der Waals surface area contributed by atoms with E-state index in [9.17, 15) is 0 Å². The average Bonchev–Trinajstić information content (AvgIpc) is 2.66. The minimum atomic E-state index is 0.0229. The monoisotopic (exact) mass is 262 g/mol.